The zero-order valence-corrected chi connectivity index (χ0v) is 12.9. The molecule has 0 bridgehead atoms. The molecule has 0 aliphatic heterocycles. The van der Waals surface area contributed by atoms with Gasteiger partial charge in [0, 0.05) is 15.6 Å². The van der Waals surface area contributed by atoms with Crippen molar-refractivity contribution in [3.63, 3.8) is 0 Å². The zero-order valence-electron chi connectivity index (χ0n) is 10.5. The number of aliphatic hydroxyl groups is 1. The summed E-state index contributed by atoms with van der Waals surface area (Å²) in [7, 11) is 0. The molecular weight excluding hydrogens is 339 g/mol. The Balaban J connectivity index is 1.93. The van der Waals surface area contributed by atoms with Gasteiger partial charge in [0.25, 0.3) is 0 Å². The minimum absolute atomic E-state index is 0.271. The minimum atomic E-state index is -0.625. The van der Waals surface area contributed by atoms with E-state index in [4.69, 9.17) is 0 Å². The van der Waals surface area contributed by atoms with Gasteiger partial charge in [0.2, 0.25) is 0 Å². The Hall–Kier alpha value is -1.23. The maximum atomic E-state index is 13.2. The molecule has 1 unspecified atom stereocenters. The highest BCUT2D eigenvalue weighted by Crippen LogP contribution is 2.36. The number of fused-ring (bicyclic) bond motifs is 1. The fraction of sp³-hybridized carbons (Fsp3) is 0.125. The van der Waals surface area contributed by atoms with Crippen molar-refractivity contribution in [1.29, 1.82) is 0 Å². The van der Waals surface area contributed by atoms with Crippen LogP contribution >= 0.6 is 27.3 Å². The smallest absolute Gasteiger partial charge is 0.123 e. The molecule has 0 fully saturated rings. The van der Waals surface area contributed by atoms with Crippen molar-refractivity contribution < 1.29 is 9.50 Å². The van der Waals surface area contributed by atoms with E-state index in [1.165, 1.54) is 12.1 Å². The van der Waals surface area contributed by atoms with Crippen LogP contribution in [0.3, 0.4) is 0 Å². The predicted octanol–water partition coefficient (Wildman–Crippen LogP) is 5.08. The molecule has 102 valence electrons. The molecule has 0 radical (unpaired) electrons. The van der Waals surface area contributed by atoms with Crippen LogP contribution in [0.15, 0.2) is 52.3 Å². The van der Waals surface area contributed by atoms with Crippen molar-refractivity contribution in [2.75, 3.05) is 0 Å². The molecule has 2 aromatic carbocycles. The summed E-state index contributed by atoms with van der Waals surface area (Å²) in [5, 5.41) is 13.4. The minimum Gasteiger partial charge on any atom is -0.388 e. The second kappa shape index (κ2) is 5.64. The average Bonchev–Trinajstić information content (AvgIpc) is 2.84. The fourth-order valence-electron chi connectivity index (χ4n) is 2.30. The third-order valence-electron chi connectivity index (χ3n) is 3.26. The van der Waals surface area contributed by atoms with Crippen LogP contribution in [0.4, 0.5) is 4.39 Å². The average molecular weight is 351 g/mol. The lowest BCUT2D eigenvalue weighted by atomic mass is 10.0. The van der Waals surface area contributed by atoms with Crippen molar-refractivity contribution in [3.8, 4) is 0 Å². The van der Waals surface area contributed by atoms with Crippen LogP contribution in [0.5, 0.6) is 0 Å². The van der Waals surface area contributed by atoms with Crippen molar-refractivity contribution in [2.45, 2.75) is 12.5 Å². The largest absolute Gasteiger partial charge is 0.388 e. The van der Waals surface area contributed by atoms with Crippen LogP contribution in [-0.2, 0) is 6.42 Å². The van der Waals surface area contributed by atoms with Gasteiger partial charge in [-0.2, -0.15) is 0 Å². The van der Waals surface area contributed by atoms with Crippen molar-refractivity contribution in [1.82, 2.24) is 0 Å². The number of aliphatic hydroxyl groups excluding tert-OH is 1. The van der Waals surface area contributed by atoms with Gasteiger partial charge in [-0.3, -0.25) is 0 Å². The van der Waals surface area contributed by atoms with Crippen molar-refractivity contribution in [3.05, 3.63) is 69.3 Å². The molecule has 1 aromatic heterocycles. The van der Waals surface area contributed by atoms with Crippen LogP contribution in [0.2, 0.25) is 0 Å². The first kappa shape index (κ1) is 13.7. The van der Waals surface area contributed by atoms with Gasteiger partial charge in [0.15, 0.2) is 0 Å². The molecule has 1 nitrogen and oxygen atoms in total. The number of halogens is 2. The van der Waals surface area contributed by atoms with Crippen LogP contribution in [0.25, 0.3) is 10.1 Å². The first-order valence-electron chi connectivity index (χ1n) is 6.23. The second-order valence-corrected chi connectivity index (χ2v) is 6.39. The van der Waals surface area contributed by atoms with E-state index >= 15 is 0 Å². The van der Waals surface area contributed by atoms with Crippen molar-refractivity contribution >= 4 is 37.4 Å². The van der Waals surface area contributed by atoms with E-state index < -0.39 is 6.10 Å². The summed E-state index contributed by atoms with van der Waals surface area (Å²) in [6, 6.07) is 12.3. The Morgan fingerprint density at radius 3 is 2.80 bits per heavy atom. The molecule has 1 heterocycles. The topological polar surface area (TPSA) is 20.2 Å². The summed E-state index contributed by atoms with van der Waals surface area (Å²) in [4.78, 5) is 0. The molecular formula is C16H12BrFOS. The molecule has 0 spiro atoms. The van der Waals surface area contributed by atoms with E-state index in [0.29, 0.717) is 6.42 Å². The van der Waals surface area contributed by atoms with Gasteiger partial charge < -0.3 is 5.11 Å². The van der Waals surface area contributed by atoms with E-state index in [1.54, 1.807) is 17.4 Å². The first-order valence-corrected chi connectivity index (χ1v) is 7.90. The Bertz CT molecular complexity index is 753. The Labute approximate surface area is 128 Å². The molecule has 4 heteroatoms. The Morgan fingerprint density at radius 2 is 2.00 bits per heavy atom. The quantitative estimate of drug-likeness (QED) is 0.698. The van der Waals surface area contributed by atoms with Gasteiger partial charge in [-0.15, -0.1) is 11.3 Å². The van der Waals surface area contributed by atoms with Gasteiger partial charge in [0.1, 0.15) is 5.82 Å². The maximum absolute atomic E-state index is 13.2. The summed E-state index contributed by atoms with van der Waals surface area (Å²) in [6.45, 7) is 0. The van der Waals surface area contributed by atoms with E-state index in [0.717, 1.165) is 25.7 Å². The summed E-state index contributed by atoms with van der Waals surface area (Å²) in [5.74, 6) is -0.271. The maximum Gasteiger partial charge on any atom is 0.123 e. The fourth-order valence-corrected chi connectivity index (χ4v) is 3.97. The molecule has 1 atom stereocenters. The predicted molar refractivity (Wildman–Crippen MR) is 84.6 cm³/mol. The summed E-state index contributed by atoms with van der Waals surface area (Å²) in [5.41, 5.74) is 1.70. The van der Waals surface area contributed by atoms with Crippen molar-refractivity contribution in [2.24, 2.45) is 0 Å². The molecule has 0 saturated heterocycles. The molecule has 0 aliphatic carbocycles. The number of hydrogen-bond donors (Lipinski definition) is 1. The summed E-state index contributed by atoms with van der Waals surface area (Å²) in [6.07, 6.45) is -0.212. The molecule has 1 N–H and O–H groups in total. The standard InChI is InChI=1S/C16H12BrFOS/c17-14-6-2-5-12-13(9-20-16(12)14)15(19)8-10-3-1-4-11(18)7-10/h1-7,9,15,19H,8H2. The van der Waals surface area contributed by atoms with Gasteiger partial charge >= 0.3 is 0 Å². The van der Waals surface area contributed by atoms with Gasteiger partial charge in [-0.05, 0) is 56.0 Å². The van der Waals surface area contributed by atoms with Crippen LogP contribution < -0.4 is 0 Å². The summed E-state index contributed by atoms with van der Waals surface area (Å²) < 4.78 is 15.3. The third-order valence-corrected chi connectivity index (χ3v) is 5.23. The van der Waals surface area contributed by atoms with E-state index in [2.05, 4.69) is 15.9 Å². The van der Waals surface area contributed by atoms with Gasteiger partial charge in [0.05, 0.1) is 6.10 Å². The van der Waals surface area contributed by atoms with Crippen LogP contribution in [-0.4, -0.2) is 5.11 Å². The molecule has 0 saturated carbocycles. The Morgan fingerprint density at radius 1 is 1.20 bits per heavy atom. The highest BCUT2D eigenvalue weighted by molar-refractivity contribution is 9.10. The molecule has 20 heavy (non-hydrogen) atoms. The van der Waals surface area contributed by atoms with E-state index in [1.807, 2.05) is 29.6 Å². The van der Waals surface area contributed by atoms with E-state index in [9.17, 15) is 9.50 Å². The molecule has 0 aliphatic rings. The highest BCUT2D eigenvalue weighted by atomic mass is 79.9. The number of thiophene rings is 1. The van der Waals surface area contributed by atoms with Crippen LogP contribution in [0.1, 0.15) is 17.2 Å². The molecule has 0 amide bonds. The third kappa shape index (κ3) is 2.64. The lowest BCUT2D eigenvalue weighted by Gasteiger charge is -2.10. The Kier molecular flexibility index (Phi) is 3.87. The number of hydrogen-bond acceptors (Lipinski definition) is 2. The van der Waals surface area contributed by atoms with Gasteiger partial charge in [-0.1, -0.05) is 24.3 Å². The van der Waals surface area contributed by atoms with E-state index in [-0.39, 0.29) is 5.82 Å². The highest BCUT2D eigenvalue weighted by Gasteiger charge is 2.15. The summed E-state index contributed by atoms with van der Waals surface area (Å²) >= 11 is 5.12. The normalized spacial score (nSPS) is 12.8. The lowest BCUT2D eigenvalue weighted by Crippen LogP contribution is -2.01. The zero-order chi connectivity index (χ0) is 14.1. The molecule has 3 rings (SSSR count). The lowest BCUT2D eigenvalue weighted by molar-refractivity contribution is 0.180. The monoisotopic (exact) mass is 350 g/mol. The van der Waals surface area contributed by atoms with Crippen LogP contribution in [0, 0.1) is 5.82 Å². The number of benzene rings is 2. The SMILES string of the molecule is OC(Cc1cccc(F)c1)c1csc2c(Br)cccc12. The first-order chi connectivity index (χ1) is 9.65. The number of rotatable bonds is 3. The van der Waals surface area contributed by atoms with Gasteiger partial charge in [-0.25, -0.2) is 4.39 Å². The molecule has 3 aromatic rings. The second-order valence-electron chi connectivity index (χ2n) is 4.66.